The van der Waals surface area contributed by atoms with Crippen LogP contribution < -0.4 is 5.32 Å². The van der Waals surface area contributed by atoms with Gasteiger partial charge in [-0.15, -0.1) is 0 Å². The van der Waals surface area contributed by atoms with Crippen molar-refractivity contribution in [2.45, 2.75) is 13.1 Å². The molecule has 0 aliphatic carbocycles. The summed E-state index contributed by atoms with van der Waals surface area (Å²) in [4.78, 5) is 14.1. The molecule has 0 spiro atoms. The number of para-hydroxylation sites is 1. The lowest BCUT2D eigenvalue weighted by Gasteiger charge is -2.10. The molecule has 0 radical (unpaired) electrons. The first kappa shape index (κ1) is 15.1. The van der Waals surface area contributed by atoms with Crippen molar-refractivity contribution in [1.29, 1.82) is 0 Å². The fraction of sp³-hybridized carbons (Fsp3) is 0.235. The van der Waals surface area contributed by atoms with E-state index in [1.54, 1.807) is 18.2 Å². The highest BCUT2D eigenvalue weighted by Crippen LogP contribution is 2.15. The van der Waals surface area contributed by atoms with Gasteiger partial charge in [0.25, 0.3) is 5.91 Å². The quantitative estimate of drug-likeness (QED) is 0.886. The maximum atomic E-state index is 12.0. The van der Waals surface area contributed by atoms with Crippen LogP contribution in [0.4, 0.5) is 0 Å². The second-order valence-electron chi connectivity index (χ2n) is 5.25. The Morgan fingerprint density at radius 3 is 2.29 bits per heavy atom. The van der Waals surface area contributed by atoms with Crippen molar-refractivity contribution >= 4 is 5.91 Å². The molecule has 1 amide bonds. The van der Waals surface area contributed by atoms with Crippen molar-refractivity contribution in [3.05, 3.63) is 65.2 Å². The molecular weight excluding hydrogens is 264 g/mol. The van der Waals surface area contributed by atoms with E-state index < -0.39 is 0 Å². The molecule has 0 aliphatic rings. The number of nitrogens with zero attached hydrogens (tertiary/aromatic N) is 1. The molecule has 2 aromatic carbocycles. The Kier molecular flexibility index (Phi) is 4.95. The van der Waals surface area contributed by atoms with E-state index in [0.717, 1.165) is 12.1 Å². The number of hydrogen-bond donors (Lipinski definition) is 2. The summed E-state index contributed by atoms with van der Waals surface area (Å²) < 4.78 is 0. The standard InChI is InChI=1S/C17H20N2O2/c1-19(2)12-14-9-7-13(8-10-14)11-18-17(21)15-5-3-4-6-16(15)20/h3-10,20H,11-12H2,1-2H3,(H,18,21). The number of aromatic hydroxyl groups is 1. The van der Waals surface area contributed by atoms with E-state index in [2.05, 4.69) is 22.3 Å². The lowest BCUT2D eigenvalue weighted by atomic mass is 10.1. The summed E-state index contributed by atoms with van der Waals surface area (Å²) in [6.45, 7) is 1.33. The Bertz CT molecular complexity index is 606. The summed E-state index contributed by atoms with van der Waals surface area (Å²) in [6.07, 6.45) is 0. The van der Waals surface area contributed by atoms with Crippen molar-refractivity contribution in [3.63, 3.8) is 0 Å². The van der Waals surface area contributed by atoms with Gasteiger partial charge in [-0.25, -0.2) is 0 Å². The minimum Gasteiger partial charge on any atom is -0.507 e. The first-order chi connectivity index (χ1) is 10.1. The third-order valence-electron chi connectivity index (χ3n) is 3.12. The van der Waals surface area contributed by atoms with Gasteiger partial charge in [-0.2, -0.15) is 0 Å². The Morgan fingerprint density at radius 1 is 1.05 bits per heavy atom. The van der Waals surface area contributed by atoms with Gasteiger partial charge in [-0.05, 0) is 37.4 Å². The number of carbonyl (C=O) groups excluding carboxylic acids is 1. The average Bonchev–Trinajstić information content (AvgIpc) is 2.46. The Morgan fingerprint density at radius 2 is 1.67 bits per heavy atom. The number of benzene rings is 2. The molecule has 0 heterocycles. The van der Waals surface area contributed by atoms with Gasteiger partial charge in [0.15, 0.2) is 0 Å². The van der Waals surface area contributed by atoms with Crippen LogP contribution in [0.2, 0.25) is 0 Å². The van der Waals surface area contributed by atoms with Crippen LogP contribution >= 0.6 is 0 Å². The molecule has 0 atom stereocenters. The number of phenols is 1. The number of carbonyl (C=O) groups is 1. The van der Waals surface area contributed by atoms with Crippen molar-refractivity contribution in [1.82, 2.24) is 10.2 Å². The maximum absolute atomic E-state index is 12.0. The van der Waals surface area contributed by atoms with Gasteiger partial charge in [-0.1, -0.05) is 36.4 Å². The molecule has 0 unspecified atom stereocenters. The van der Waals surface area contributed by atoms with Crippen molar-refractivity contribution < 1.29 is 9.90 Å². The van der Waals surface area contributed by atoms with E-state index in [1.165, 1.54) is 11.6 Å². The van der Waals surface area contributed by atoms with E-state index in [-0.39, 0.29) is 11.7 Å². The van der Waals surface area contributed by atoms with Gasteiger partial charge in [-0.3, -0.25) is 4.79 Å². The Labute approximate surface area is 125 Å². The van der Waals surface area contributed by atoms with Gasteiger partial charge >= 0.3 is 0 Å². The summed E-state index contributed by atoms with van der Waals surface area (Å²) in [5.74, 6) is -0.276. The van der Waals surface area contributed by atoms with Crippen LogP contribution in [-0.4, -0.2) is 30.0 Å². The molecule has 0 fully saturated rings. The molecule has 0 aromatic heterocycles. The minimum absolute atomic E-state index is 0.00340. The van der Waals surface area contributed by atoms with Crippen LogP contribution in [0.25, 0.3) is 0 Å². The predicted molar refractivity (Wildman–Crippen MR) is 83.1 cm³/mol. The highest BCUT2D eigenvalue weighted by Gasteiger charge is 2.09. The monoisotopic (exact) mass is 284 g/mol. The van der Waals surface area contributed by atoms with Crippen LogP contribution in [0.15, 0.2) is 48.5 Å². The van der Waals surface area contributed by atoms with Crippen LogP contribution in [0.3, 0.4) is 0 Å². The highest BCUT2D eigenvalue weighted by molar-refractivity contribution is 5.96. The lowest BCUT2D eigenvalue weighted by molar-refractivity contribution is 0.0948. The van der Waals surface area contributed by atoms with Gasteiger partial charge in [0.2, 0.25) is 0 Å². The molecule has 2 rings (SSSR count). The SMILES string of the molecule is CN(C)Cc1ccc(CNC(=O)c2ccccc2O)cc1. The first-order valence-corrected chi connectivity index (χ1v) is 6.85. The van der Waals surface area contributed by atoms with Gasteiger partial charge in [0, 0.05) is 13.1 Å². The summed E-state index contributed by atoms with van der Waals surface area (Å²) in [5.41, 5.74) is 2.55. The van der Waals surface area contributed by atoms with Crippen molar-refractivity contribution in [2.75, 3.05) is 14.1 Å². The largest absolute Gasteiger partial charge is 0.507 e. The maximum Gasteiger partial charge on any atom is 0.255 e. The second-order valence-corrected chi connectivity index (χ2v) is 5.25. The fourth-order valence-corrected chi connectivity index (χ4v) is 2.07. The minimum atomic E-state index is -0.273. The van der Waals surface area contributed by atoms with Crippen LogP contribution in [-0.2, 0) is 13.1 Å². The van der Waals surface area contributed by atoms with E-state index in [1.807, 2.05) is 26.2 Å². The zero-order chi connectivity index (χ0) is 15.2. The molecule has 0 saturated carbocycles. The molecular formula is C17H20N2O2. The molecule has 0 aliphatic heterocycles. The average molecular weight is 284 g/mol. The number of rotatable bonds is 5. The lowest BCUT2D eigenvalue weighted by Crippen LogP contribution is -2.22. The van der Waals surface area contributed by atoms with E-state index in [9.17, 15) is 9.90 Å². The summed E-state index contributed by atoms with van der Waals surface area (Å²) in [6, 6.07) is 14.6. The van der Waals surface area contributed by atoms with Gasteiger partial charge in [0.1, 0.15) is 5.75 Å². The van der Waals surface area contributed by atoms with E-state index in [0.29, 0.717) is 12.1 Å². The van der Waals surface area contributed by atoms with Gasteiger partial charge < -0.3 is 15.3 Å². The number of hydrogen-bond acceptors (Lipinski definition) is 3. The Hall–Kier alpha value is -2.33. The number of nitrogens with one attached hydrogen (secondary N) is 1. The third kappa shape index (κ3) is 4.33. The third-order valence-corrected chi connectivity index (χ3v) is 3.12. The molecule has 2 aromatic rings. The van der Waals surface area contributed by atoms with E-state index in [4.69, 9.17) is 0 Å². The molecule has 4 nitrogen and oxygen atoms in total. The summed E-state index contributed by atoms with van der Waals surface area (Å²) in [7, 11) is 4.06. The molecule has 4 heteroatoms. The molecule has 0 bridgehead atoms. The number of amides is 1. The fourth-order valence-electron chi connectivity index (χ4n) is 2.07. The summed E-state index contributed by atoms with van der Waals surface area (Å²) >= 11 is 0. The van der Waals surface area contributed by atoms with Crippen molar-refractivity contribution in [2.24, 2.45) is 0 Å². The van der Waals surface area contributed by atoms with Crippen LogP contribution in [0, 0.1) is 0 Å². The molecule has 2 N–H and O–H groups in total. The highest BCUT2D eigenvalue weighted by atomic mass is 16.3. The Balaban J connectivity index is 1.94. The first-order valence-electron chi connectivity index (χ1n) is 6.85. The molecule has 110 valence electrons. The smallest absolute Gasteiger partial charge is 0.255 e. The van der Waals surface area contributed by atoms with Crippen LogP contribution in [0.5, 0.6) is 5.75 Å². The van der Waals surface area contributed by atoms with E-state index >= 15 is 0 Å². The second kappa shape index (κ2) is 6.90. The zero-order valence-corrected chi connectivity index (χ0v) is 12.3. The number of phenolic OH excluding ortho intramolecular Hbond substituents is 1. The van der Waals surface area contributed by atoms with Crippen LogP contribution in [0.1, 0.15) is 21.5 Å². The summed E-state index contributed by atoms with van der Waals surface area (Å²) in [5, 5.41) is 12.4. The van der Waals surface area contributed by atoms with Gasteiger partial charge in [0.05, 0.1) is 5.56 Å². The normalized spacial score (nSPS) is 10.6. The van der Waals surface area contributed by atoms with Crippen molar-refractivity contribution in [3.8, 4) is 5.75 Å². The molecule has 21 heavy (non-hydrogen) atoms. The zero-order valence-electron chi connectivity index (χ0n) is 12.3. The molecule has 0 saturated heterocycles. The topological polar surface area (TPSA) is 52.6 Å². The predicted octanol–water partition coefficient (Wildman–Crippen LogP) is 2.38.